The van der Waals surface area contributed by atoms with Crippen molar-refractivity contribution in [1.82, 2.24) is 15.4 Å². The Hall–Kier alpha value is -0.640. The molecule has 1 aromatic rings. The molecule has 0 amide bonds. The molecule has 0 atom stereocenters. The van der Waals surface area contributed by atoms with E-state index in [1.165, 1.54) is 89.9 Å². The molecular weight excluding hydrogens is 362 g/mol. The quantitative estimate of drug-likeness (QED) is 0.237. The Morgan fingerprint density at radius 1 is 0.750 bits per heavy atom. The summed E-state index contributed by atoms with van der Waals surface area (Å²) in [5.74, 6) is 0. The van der Waals surface area contributed by atoms with Crippen LogP contribution in [0.4, 0.5) is 0 Å². The Balaban J connectivity index is 1.77. The number of unbranched alkanes of at least 4 members (excludes halogenated alkanes) is 12. The maximum absolute atomic E-state index is 4.13. The van der Waals surface area contributed by atoms with E-state index in [1.807, 2.05) is 0 Å². The van der Waals surface area contributed by atoms with E-state index < -0.39 is 0 Å². The van der Waals surface area contributed by atoms with E-state index in [2.05, 4.69) is 50.4 Å². The Morgan fingerprint density at radius 2 is 1.29 bits per heavy atom. The molecule has 0 saturated carbocycles. The molecule has 138 valence electrons. The molecule has 24 heavy (non-hydrogen) atoms. The summed E-state index contributed by atoms with van der Waals surface area (Å²) in [5, 5.41) is 10.8. The van der Waals surface area contributed by atoms with Crippen molar-refractivity contribution in [3.8, 4) is 0 Å². The van der Waals surface area contributed by atoms with Crippen molar-refractivity contribution in [3.63, 3.8) is 0 Å². The summed E-state index contributed by atoms with van der Waals surface area (Å²) in [7, 11) is 0. The van der Waals surface area contributed by atoms with Crippen LogP contribution in [0.1, 0.15) is 103 Å². The Kier molecular flexibility index (Phi) is 14.1. The summed E-state index contributed by atoms with van der Waals surface area (Å²) in [6.45, 7) is 2.28. The molecule has 0 spiro atoms. The zero-order chi connectivity index (χ0) is 17.3. The topological polar surface area (TPSA) is 41.6 Å². The zero-order valence-electron chi connectivity index (χ0n) is 15.5. The standard InChI is InChI=1S/C20H36BrN3/c1-2-3-4-5-6-7-8-9-10-11-12-13-14-15-16-17-18-19-20(21)23-24-22-19/h9-10H,2-8,11-18H2,1H3,(H,22,23,24)/b10-9-. The van der Waals surface area contributed by atoms with Crippen molar-refractivity contribution in [2.75, 3.05) is 0 Å². The normalized spacial score (nSPS) is 11.6. The van der Waals surface area contributed by atoms with Crippen LogP contribution in [0.5, 0.6) is 0 Å². The van der Waals surface area contributed by atoms with Crippen LogP contribution >= 0.6 is 15.9 Å². The molecule has 4 heteroatoms. The van der Waals surface area contributed by atoms with Crippen molar-refractivity contribution in [2.45, 2.75) is 103 Å². The third-order valence-corrected chi connectivity index (χ3v) is 5.13. The second kappa shape index (κ2) is 15.9. The fourth-order valence-corrected chi connectivity index (χ4v) is 3.31. The van der Waals surface area contributed by atoms with Crippen LogP contribution in [0.25, 0.3) is 0 Å². The highest BCUT2D eigenvalue weighted by Crippen LogP contribution is 2.14. The Morgan fingerprint density at radius 3 is 1.83 bits per heavy atom. The van der Waals surface area contributed by atoms with Crippen LogP contribution in [0.15, 0.2) is 16.8 Å². The molecule has 1 heterocycles. The average molecular weight is 398 g/mol. The lowest BCUT2D eigenvalue weighted by Crippen LogP contribution is -1.88. The van der Waals surface area contributed by atoms with Crippen molar-refractivity contribution in [2.24, 2.45) is 0 Å². The number of hydrogen-bond acceptors (Lipinski definition) is 2. The first-order chi connectivity index (χ1) is 11.8. The highest BCUT2D eigenvalue weighted by atomic mass is 79.9. The number of aromatic nitrogens is 3. The van der Waals surface area contributed by atoms with Gasteiger partial charge in [-0.25, -0.2) is 0 Å². The lowest BCUT2D eigenvalue weighted by atomic mass is 10.1. The largest absolute Gasteiger partial charge is 0.197 e. The molecule has 0 fully saturated rings. The van der Waals surface area contributed by atoms with E-state index in [-0.39, 0.29) is 0 Å². The number of allylic oxidation sites excluding steroid dienone is 2. The van der Waals surface area contributed by atoms with Crippen LogP contribution in [0, 0.1) is 0 Å². The van der Waals surface area contributed by atoms with Gasteiger partial charge in [-0.1, -0.05) is 76.9 Å². The number of halogens is 1. The van der Waals surface area contributed by atoms with Gasteiger partial charge in [0.05, 0.1) is 5.69 Å². The average Bonchev–Trinajstić information content (AvgIpc) is 2.99. The first kappa shape index (κ1) is 21.4. The lowest BCUT2D eigenvalue weighted by Gasteiger charge is -2.00. The van der Waals surface area contributed by atoms with E-state index in [9.17, 15) is 0 Å². The number of H-pyrrole nitrogens is 1. The molecule has 0 radical (unpaired) electrons. The molecule has 0 saturated heterocycles. The van der Waals surface area contributed by atoms with Crippen LogP contribution in [-0.4, -0.2) is 15.4 Å². The smallest absolute Gasteiger partial charge is 0.151 e. The lowest BCUT2D eigenvalue weighted by molar-refractivity contribution is 0.593. The number of rotatable bonds is 16. The third-order valence-electron chi connectivity index (χ3n) is 4.50. The third kappa shape index (κ3) is 11.8. The molecule has 0 aliphatic carbocycles. The Bertz CT molecular complexity index is 415. The van der Waals surface area contributed by atoms with Crippen molar-refractivity contribution in [3.05, 3.63) is 22.4 Å². The zero-order valence-corrected chi connectivity index (χ0v) is 17.1. The van der Waals surface area contributed by atoms with Gasteiger partial charge in [-0.2, -0.15) is 10.3 Å². The van der Waals surface area contributed by atoms with Gasteiger partial charge in [0.15, 0.2) is 4.60 Å². The highest BCUT2D eigenvalue weighted by Gasteiger charge is 2.03. The van der Waals surface area contributed by atoms with Gasteiger partial charge in [-0.15, -0.1) is 5.10 Å². The van der Waals surface area contributed by atoms with E-state index >= 15 is 0 Å². The van der Waals surface area contributed by atoms with Gasteiger partial charge >= 0.3 is 0 Å². The summed E-state index contributed by atoms with van der Waals surface area (Å²) in [6.07, 6.45) is 24.7. The van der Waals surface area contributed by atoms with Gasteiger partial charge in [0.25, 0.3) is 0 Å². The second-order valence-electron chi connectivity index (χ2n) is 6.75. The minimum atomic E-state index is 0.871. The number of aryl methyl sites for hydroxylation is 1. The van der Waals surface area contributed by atoms with Gasteiger partial charge in [0.1, 0.15) is 0 Å². The minimum Gasteiger partial charge on any atom is -0.197 e. The number of nitrogens with one attached hydrogen (secondary N) is 1. The van der Waals surface area contributed by atoms with E-state index in [0.29, 0.717) is 0 Å². The fourth-order valence-electron chi connectivity index (χ4n) is 2.94. The van der Waals surface area contributed by atoms with Gasteiger partial charge in [-0.3, -0.25) is 0 Å². The second-order valence-corrected chi connectivity index (χ2v) is 7.50. The van der Waals surface area contributed by atoms with Gasteiger partial charge in [0, 0.05) is 0 Å². The van der Waals surface area contributed by atoms with Crippen LogP contribution in [-0.2, 0) is 6.42 Å². The van der Waals surface area contributed by atoms with E-state index in [0.717, 1.165) is 16.7 Å². The molecule has 3 nitrogen and oxygen atoms in total. The fraction of sp³-hybridized carbons (Fsp3) is 0.800. The Labute approximate surface area is 157 Å². The van der Waals surface area contributed by atoms with Crippen molar-refractivity contribution >= 4 is 15.9 Å². The van der Waals surface area contributed by atoms with Crippen LogP contribution < -0.4 is 0 Å². The molecule has 1 N–H and O–H groups in total. The van der Waals surface area contributed by atoms with Crippen molar-refractivity contribution < 1.29 is 0 Å². The summed E-state index contributed by atoms with van der Waals surface area (Å²) < 4.78 is 0.871. The van der Waals surface area contributed by atoms with E-state index in [1.54, 1.807) is 0 Å². The molecule has 0 bridgehead atoms. The molecule has 0 aliphatic heterocycles. The van der Waals surface area contributed by atoms with E-state index in [4.69, 9.17) is 0 Å². The van der Waals surface area contributed by atoms with Gasteiger partial charge < -0.3 is 0 Å². The monoisotopic (exact) mass is 397 g/mol. The summed E-state index contributed by atoms with van der Waals surface area (Å²) in [4.78, 5) is 0. The summed E-state index contributed by atoms with van der Waals surface area (Å²) in [5.41, 5.74) is 1.06. The highest BCUT2D eigenvalue weighted by molar-refractivity contribution is 9.10. The molecule has 1 aromatic heterocycles. The maximum atomic E-state index is 4.13. The predicted octanol–water partition coefficient (Wildman–Crippen LogP) is 7.15. The van der Waals surface area contributed by atoms with Crippen LogP contribution in [0.3, 0.4) is 0 Å². The number of nitrogens with zero attached hydrogens (tertiary/aromatic N) is 2. The minimum absolute atomic E-state index is 0.871. The predicted molar refractivity (Wildman–Crippen MR) is 107 cm³/mol. The maximum Gasteiger partial charge on any atom is 0.151 e. The summed E-state index contributed by atoms with van der Waals surface area (Å²) in [6, 6.07) is 0. The first-order valence-corrected chi connectivity index (χ1v) is 10.8. The molecule has 0 unspecified atom stereocenters. The van der Waals surface area contributed by atoms with Crippen molar-refractivity contribution in [1.29, 1.82) is 0 Å². The SMILES string of the molecule is CCCCCCCC/C=C\CCCCCCCCc1n[nH]nc1Br. The van der Waals surface area contributed by atoms with Gasteiger partial charge in [-0.05, 0) is 54.5 Å². The van der Waals surface area contributed by atoms with Gasteiger partial charge in [0.2, 0.25) is 0 Å². The van der Waals surface area contributed by atoms with Crippen LogP contribution in [0.2, 0.25) is 0 Å². The summed E-state index contributed by atoms with van der Waals surface area (Å²) >= 11 is 3.40. The molecule has 0 aliphatic rings. The first-order valence-electron chi connectivity index (χ1n) is 10.0. The number of aromatic amines is 1. The number of hydrogen-bond donors (Lipinski definition) is 1. The molecule has 0 aromatic carbocycles. The molecular formula is C20H36BrN3. The molecule has 1 rings (SSSR count).